The van der Waals surface area contributed by atoms with E-state index in [0.717, 1.165) is 5.56 Å². The van der Waals surface area contributed by atoms with E-state index < -0.39 is 47.7 Å². The summed E-state index contributed by atoms with van der Waals surface area (Å²) in [6, 6.07) is 16.2. The van der Waals surface area contributed by atoms with Crippen LogP contribution in [0.2, 0.25) is 0 Å². The minimum absolute atomic E-state index is 0.0386. The molecule has 0 fully saturated rings. The number of alkyl carbamates (subject to hydrolysis) is 2. The van der Waals surface area contributed by atoms with Crippen LogP contribution < -0.4 is 16.0 Å². The Bertz CT molecular complexity index is 1040. The largest absolute Gasteiger partial charge is 0.468 e. The molecule has 2 aromatic rings. The van der Waals surface area contributed by atoms with Crippen molar-refractivity contribution in [2.45, 2.75) is 52.0 Å². The van der Waals surface area contributed by atoms with Crippen LogP contribution in [-0.4, -0.2) is 49.4 Å². The number of carbonyl (C=O) groups excluding carboxylic acids is 4. The lowest BCUT2D eigenvalue weighted by Crippen LogP contribution is -2.52. The molecule has 0 saturated heterocycles. The second kappa shape index (κ2) is 13.9. The number of carbonyl (C=O) groups is 4. The number of hydrogen-bond acceptors (Lipinski definition) is 7. The maximum atomic E-state index is 13.3. The van der Waals surface area contributed by atoms with Crippen LogP contribution in [-0.2, 0) is 30.4 Å². The molecule has 2 rings (SSSR count). The van der Waals surface area contributed by atoms with E-state index in [1.54, 1.807) is 58.0 Å². The van der Waals surface area contributed by atoms with E-state index in [4.69, 9.17) is 9.47 Å². The minimum Gasteiger partial charge on any atom is -0.468 e. The summed E-state index contributed by atoms with van der Waals surface area (Å²) in [5, 5.41) is 7.95. The van der Waals surface area contributed by atoms with E-state index in [-0.39, 0.29) is 13.2 Å². The van der Waals surface area contributed by atoms with Crippen LogP contribution in [0.5, 0.6) is 0 Å². The smallest absolute Gasteiger partial charge is 0.408 e. The fraction of sp³-hybridized carbons (Fsp3) is 0.407. The highest BCUT2D eigenvalue weighted by Gasteiger charge is 2.37. The van der Waals surface area contributed by atoms with E-state index >= 15 is 0 Å². The van der Waals surface area contributed by atoms with Gasteiger partial charge < -0.3 is 30.2 Å². The van der Waals surface area contributed by atoms with Crippen molar-refractivity contribution < 1.29 is 33.4 Å². The molecular formula is C27H35N3O7. The van der Waals surface area contributed by atoms with Crippen LogP contribution in [0.25, 0.3) is 0 Å². The van der Waals surface area contributed by atoms with Crippen molar-refractivity contribution in [3.8, 4) is 0 Å². The molecule has 0 aliphatic heterocycles. The Balaban J connectivity index is 2.30. The van der Waals surface area contributed by atoms with Gasteiger partial charge in [0.25, 0.3) is 0 Å². The first-order chi connectivity index (χ1) is 17.5. The SMILES string of the molecule is COC(=O)CNC(=O)[C@H]([C@H](C)NC(=O)OCc1ccccc1)[C@H](NC(=O)OC(C)(C)C)c1ccccc1. The fourth-order valence-corrected chi connectivity index (χ4v) is 3.53. The zero-order chi connectivity index (χ0) is 27.4. The number of ether oxygens (including phenoxy) is 3. The maximum Gasteiger partial charge on any atom is 0.408 e. The molecule has 0 heterocycles. The van der Waals surface area contributed by atoms with Crippen LogP contribution in [0, 0.1) is 5.92 Å². The molecule has 0 bridgehead atoms. The van der Waals surface area contributed by atoms with Gasteiger partial charge in [0.1, 0.15) is 18.8 Å². The number of amides is 3. The number of nitrogens with one attached hydrogen (secondary N) is 3. The lowest BCUT2D eigenvalue weighted by atomic mass is 9.86. The summed E-state index contributed by atoms with van der Waals surface area (Å²) in [6.45, 7) is 6.42. The van der Waals surface area contributed by atoms with Crippen molar-refractivity contribution in [2.24, 2.45) is 5.92 Å². The van der Waals surface area contributed by atoms with Crippen molar-refractivity contribution >= 4 is 24.1 Å². The molecule has 0 radical (unpaired) electrons. The highest BCUT2D eigenvalue weighted by atomic mass is 16.6. The maximum absolute atomic E-state index is 13.3. The molecule has 37 heavy (non-hydrogen) atoms. The van der Waals surface area contributed by atoms with Gasteiger partial charge in [-0.25, -0.2) is 9.59 Å². The first-order valence-electron chi connectivity index (χ1n) is 11.9. The predicted octanol–water partition coefficient (Wildman–Crippen LogP) is 3.47. The molecule has 10 heteroatoms. The molecule has 0 spiro atoms. The fourth-order valence-electron chi connectivity index (χ4n) is 3.53. The normalized spacial score (nSPS) is 13.3. The molecular weight excluding hydrogens is 478 g/mol. The number of hydrogen-bond donors (Lipinski definition) is 3. The highest BCUT2D eigenvalue weighted by Crippen LogP contribution is 2.26. The number of benzene rings is 2. The van der Waals surface area contributed by atoms with Gasteiger partial charge in [-0.3, -0.25) is 9.59 Å². The molecule has 10 nitrogen and oxygen atoms in total. The standard InChI is InChI=1S/C27H35N3O7/c1-18(29-25(33)36-17-19-12-8-6-9-13-19)22(24(32)28-16-21(31)35-5)23(20-14-10-7-11-15-20)30-26(34)37-27(2,3)4/h6-15,18,22-23H,16-17H2,1-5H3,(H,28,32)(H,29,33)(H,30,34)/t18-,22+,23+/m0/s1. The Morgan fingerprint density at radius 1 is 0.865 bits per heavy atom. The molecule has 200 valence electrons. The third-order valence-electron chi connectivity index (χ3n) is 5.22. The van der Waals surface area contributed by atoms with E-state index in [1.165, 1.54) is 7.11 Å². The highest BCUT2D eigenvalue weighted by molar-refractivity contribution is 5.85. The number of rotatable bonds is 10. The molecule has 0 aliphatic carbocycles. The topological polar surface area (TPSA) is 132 Å². The lowest BCUT2D eigenvalue weighted by molar-refractivity contribution is -0.142. The Morgan fingerprint density at radius 3 is 2.03 bits per heavy atom. The molecule has 3 N–H and O–H groups in total. The summed E-state index contributed by atoms with van der Waals surface area (Å²) >= 11 is 0. The van der Waals surface area contributed by atoms with Crippen molar-refractivity contribution in [2.75, 3.05) is 13.7 Å². The molecule has 2 aromatic carbocycles. The summed E-state index contributed by atoms with van der Waals surface area (Å²) in [4.78, 5) is 50.3. The van der Waals surface area contributed by atoms with Gasteiger partial charge in [-0.2, -0.15) is 0 Å². The van der Waals surface area contributed by atoms with Gasteiger partial charge in [0.2, 0.25) is 5.91 Å². The average Bonchev–Trinajstić information content (AvgIpc) is 2.85. The van der Waals surface area contributed by atoms with Crippen molar-refractivity contribution in [1.29, 1.82) is 0 Å². The Hall–Kier alpha value is -4.08. The summed E-state index contributed by atoms with van der Waals surface area (Å²) in [5.41, 5.74) is 0.614. The summed E-state index contributed by atoms with van der Waals surface area (Å²) in [6.07, 6.45) is -1.49. The average molecular weight is 514 g/mol. The van der Waals surface area contributed by atoms with Gasteiger partial charge in [-0.1, -0.05) is 60.7 Å². The van der Waals surface area contributed by atoms with Gasteiger partial charge in [0.15, 0.2) is 0 Å². The molecule has 0 aromatic heterocycles. The molecule has 0 unspecified atom stereocenters. The third kappa shape index (κ3) is 10.2. The summed E-state index contributed by atoms with van der Waals surface area (Å²) < 4.78 is 15.3. The second-order valence-electron chi connectivity index (χ2n) is 9.35. The first kappa shape index (κ1) is 29.2. The van der Waals surface area contributed by atoms with Crippen LogP contribution in [0.1, 0.15) is 44.9 Å². The van der Waals surface area contributed by atoms with E-state index in [9.17, 15) is 19.2 Å². The molecule has 3 amide bonds. The minimum atomic E-state index is -1.05. The van der Waals surface area contributed by atoms with Crippen LogP contribution in [0.3, 0.4) is 0 Å². The van der Waals surface area contributed by atoms with Gasteiger partial charge in [-0.15, -0.1) is 0 Å². The zero-order valence-corrected chi connectivity index (χ0v) is 21.8. The monoisotopic (exact) mass is 513 g/mol. The predicted molar refractivity (Wildman–Crippen MR) is 136 cm³/mol. The van der Waals surface area contributed by atoms with Crippen LogP contribution in [0.4, 0.5) is 9.59 Å². The summed E-state index contributed by atoms with van der Waals surface area (Å²) in [7, 11) is 1.20. The number of methoxy groups -OCH3 is 1. The van der Waals surface area contributed by atoms with Gasteiger partial charge in [0, 0.05) is 6.04 Å². The van der Waals surface area contributed by atoms with Crippen molar-refractivity contribution in [3.63, 3.8) is 0 Å². The molecule has 0 saturated carbocycles. The van der Waals surface area contributed by atoms with Gasteiger partial charge >= 0.3 is 18.2 Å². The third-order valence-corrected chi connectivity index (χ3v) is 5.22. The Labute approximate surface area is 217 Å². The number of esters is 1. The molecule has 0 aliphatic rings. The van der Waals surface area contributed by atoms with E-state index in [2.05, 4.69) is 20.7 Å². The zero-order valence-electron chi connectivity index (χ0n) is 21.8. The lowest BCUT2D eigenvalue weighted by Gasteiger charge is -2.32. The Morgan fingerprint density at radius 2 is 1.46 bits per heavy atom. The first-order valence-corrected chi connectivity index (χ1v) is 11.9. The summed E-state index contributed by atoms with van der Waals surface area (Å²) in [5.74, 6) is -2.29. The second-order valence-corrected chi connectivity index (χ2v) is 9.35. The quantitative estimate of drug-likeness (QED) is 0.327. The van der Waals surface area contributed by atoms with Crippen molar-refractivity contribution in [3.05, 3.63) is 71.8 Å². The van der Waals surface area contributed by atoms with Gasteiger partial charge in [-0.05, 0) is 38.8 Å². The van der Waals surface area contributed by atoms with Crippen LogP contribution >= 0.6 is 0 Å². The van der Waals surface area contributed by atoms with Crippen LogP contribution in [0.15, 0.2) is 60.7 Å². The Kier molecular flexibility index (Phi) is 10.9. The van der Waals surface area contributed by atoms with E-state index in [0.29, 0.717) is 5.56 Å². The van der Waals surface area contributed by atoms with Gasteiger partial charge in [0.05, 0.1) is 19.1 Å². The van der Waals surface area contributed by atoms with E-state index in [1.807, 2.05) is 30.3 Å². The molecule has 3 atom stereocenters. The van der Waals surface area contributed by atoms with Crippen molar-refractivity contribution in [1.82, 2.24) is 16.0 Å².